The lowest BCUT2D eigenvalue weighted by Gasteiger charge is -2.30. The molecule has 6 nitrogen and oxygen atoms in total. The van der Waals surface area contributed by atoms with Gasteiger partial charge in [0.15, 0.2) is 0 Å². The molecule has 2 rings (SSSR count). The third-order valence-corrected chi connectivity index (χ3v) is 3.95. The van der Waals surface area contributed by atoms with Crippen LogP contribution in [0.1, 0.15) is 15.9 Å². The minimum atomic E-state index is -5.24. The van der Waals surface area contributed by atoms with Gasteiger partial charge in [-0.25, -0.2) is 15.1 Å². The van der Waals surface area contributed by atoms with Crippen molar-refractivity contribution in [3.05, 3.63) is 58.7 Å². The highest BCUT2D eigenvalue weighted by molar-refractivity contribution is 6.33. The zero-order chi connectivity index (χ0) is 20.2. The monoisotopic (exact) mass is 402 g/mol. The Morgan fingerprint density at radius 2 is 1.85 bits per heavy atom. The smallest absolute Gasteiger partial charge is 0.464 e. The number of esters is 1. The SMILES string of the molecule is COC(=O)[C@](NC(=O)c1ccccc1Cl)(Nc1cc(C)cc[nH+]1)C(F)(F)F. The van der Waals surface area contributed by atoms with Gasteiger partial charge < -0.3 is 4.74 Å². The highest BCUT2D eigenvalue weighted by atomic mass is 35.5. The summed E-state index contributed by atoms with van der Waals surface area (Å²) in [5.41, 5.74) is -3.15. The van der Waals surface area contributed by atoms with Crippen molar-refractivity contribution in [3.8, 4) is 0 Å². The molecule has 1 amide bonds. The third kappa shape index (κ3) is 4.30. The first-order valence-electron chi connectivity index (χ1n) is 7.59. The standard InChI is InChI=1S/C17H15ClF3N3O3/c1-10-7-8-22-13(9-10)23-16(15(26)27-2,17(19,20)21)24-14(25)11-5-3-4-6-12(11)18/h3-9H,1-2H3,(H,22,23)(H,24,25)/p+1/t16-/m1/s1. The number of nitrogens with one attached hydrogen (secondary N) is 3. The molecule has 0 saturated heterocycles. The Bertz CT molecular complexity index is 861. The lowest BCUT2D eigenvalue weighted by atomic mass is 10.1. The zero-order valence-electron chi connectivity index (χ0n) is 14.3. The summed E-state index contributed by atoms with van der Waals surface area (Å²) in [6.07, 6.45) is -3.86. The second-order valence-corrected chi connectivity index (χ2v) is 5.99. The van der Waals surface area contributed by atoms with E-state index >= 15 is 0 Å². The third-order valence-electron chi connectivity index (χ3n) is 3.62. The van der Waals surface area contributed by atoms with Crippen molar-refractivity contribution in [2.24, 2.45) is 0 Å². The van der Waals surface area contributed by atoms with Crippen LogP contribution in [-0.2, 0) is 9.53 Å². The Kier molecular flexibility index (Phi) is 5.94. The van der Waals surface area contributed by atoms with Gasteiger partial charge in [0.1, 0.15) is 0 Å². The Morgan fingerprint density at radius 3 is 2.41 bits per heavy atom. The lowest BCUT2D eigenvalue weighted by molar-refractivity contribution is -0.363. The molecule has 0 radical (unpaired) electrons. The first-order chi connectivity index (χ1) is 12.6. The van der Waals surface area contributed by atoms with Crippen molar-refractivity contribution >= 4 is 29.3 Å². The molecule has 1 atom stereocenters. The van der Waals surface area contributed by atoms with E-state index < -0.39 is 23.7 Å². The van der Waals surface area contributed by atoms with E-state index in [2.05, 4.69) is 9.72 Å². The highest BCUT2D eigenvalue weighted by Crippen LogP contribution is 2.33. The topological polar surface area (TPSA) is 81.6 Å². The van der Waals surface area contributed by atoms with Gasteiger partial charge in [0, 0.05) is 6.07 Å². The average molecular weight is 403 g/mol. The van der Waals surface area contributed by atoms with Crippen molar-refractivity contribution in [2.75, 3.05) is 12.4 Å². The van der Waals surface area contributed by atoms with Crippen molar-refractivity contribution in [1.29, 1.82) is 0 Å². The predicted molar refractivity (Wildman–Crippen MR) is 91.1 cm³/mol. The van der Waals surface area contributed by atoms with E-state index in [1.54, 1.807) is 18.3 Å². The number of ether oxygens (including phenoxy) is 1. The van der Waals surface area contributed by atoms with Crippen LogP contribution in [-0.4, -0.2) is 30.8 Å². The molecule has 0 bridgehead atoms. The molecule has 144 valence electrons. The molecule has 1 aromatic heterocycles. The summed E-state index contributed by atoms with van der Waals surface area (Å²) in [6, 6.07) is 8.46. The van der Waals surface area contributed by atoms with E-state index in [1.165, 1.54) is 36.5 Å². The molecule has 3 N–H and O–H groups in total. The molecule has 2 aromatic rings. The summed E-state index contributed by atoms with van der Waals surface area (Å²) in [5, 5.41) is 3.63. The summed E-state index contributed by atoms with van der Waals surface area (Å²) in [5.74, 6) is -3.11. The van der Waals surface area contributed by atoms with Crippen molar-refractivity contribution in [1.82, 2.24) is 5.32 Å². The van der Waals surface area contributed by atoms with E-state index in [-0.39, 0.29) is 16.4 Å². The number of methoxy groups -OCH3 is 1. The molecule has 27 heavy (non-hydrogen) atoms. The molecule has 0 unspecified atom stereocenters. The molecule has 0 fully saturated rings. The van der Waals surface area contributed by atoms with Crippen LogP contribution in [0.4, 0.5) is 19.0 Å². The first kappa shape index (κ1) is 20.5. The average Bonchev–Trinajstić information content (AvgIpc) is 2.59. The fourth-order valence-electron chi connectivity index (χ4n) is 2.28. The highest BCUT2D eigenvalue weighted by Gasteiger charge is 2.67. The minimum absolute atomic E-state index is 0.0712. The fourth-order valence-corrected chi connectivity index (χ4v) is 2.50. The molecule has 0 saturated carbocycles. The van der Waals surface area contributed by atoms with Gasteiger partial charge in [0.25, 0.3) is 11.7 Å². The number of hydrogen-bond donors (Lipinski definition) is 2. The summed E-state index contributed by atoms with van der Waals surface area (Å²) < 4.78 is 46.2. The van der Waals surface area contributed by atoms with Gasteiger partial charge in [-0.1, -0.05) is 23.7 Å². The zero-order valence-corrected chi connectivity index (χ0v) is 15.0. The fraction of sp³-hybridized carbons (Fsp3) is 0.235. The van der Waals surface area contributed by atoms with Crippen molar-refractivity contribution in [3.63, 3.8) is 0 Å². The van der Waals surface area contributed by atoms with E-state index in [4.69, 9.17) is 11.6 Å². The lowest BCUT2D eigenvalue weighted by Crippen LogP contribution is -2.69. The number of halogens is 4. The second kappa shape index (κ2) is 7.83. The maximum absolute atomic E-state index is 14.0. The number of aryl methyl sites for hydroxylation is 1. The Balaban J connectivity index is 2.52. The van der Waals surface area contributed by atoms with Gasteiger partial charge in [-0.15, -0.1) is 0 Å². The van der Waals surface area contributed by atoms with Crippen LogP contribution in [0.2, 0.25) is 5.02 Å². The van der Waals surface area contributed by atoms with Gasteiger partial charge in [-0.2, -0.15) is 13.2 Å². The molecule has 0 aliphatic heterocycles. The summed E-state index contributed by atoms with van der Waals surface area (Å²) in [4.78, 5) is 27.2. The molecular formula is C17H16ClF3N3O3+. The number of carbonyl (C=O) groups excluding carboxylic acids is 2. The predicted octanol–water partition coefficient (Wildman–Crippen LogP) is 2.74. The molecule has 1 aromatic carbocycles. The minimum Gasteiger partial charge on any atom is -0.464 e. The van der Waals surface area contributed by atoms with Crippen LogP contribution < -0.4 is 15.6 Å². The van der Waals surface area contributed by atoms with E-state index in [0.717, 1.165) is 7.11 Å². The summed E-state index contributed by atoms with van der Waals surface area (Å²) >= 11 is 5.87. The van der Waals surface area contributed by atoms with Gasteiger partial charge in [0.05, 0.1) is 23.9 Å². The number of carbonyl (C=O) groups is 2. The number of aromatic nitrogens is 1. The molecule has 0 aliphatic carbocycles. The maximum atomic E-state index is 14.0. The van der Waals surface area contributed by atoms with E-state index in [0.29, 0.717) is 5.56 Å². The second-order valence-electron chi connectivity index (χ2n) is 5.58. The number of aromatic amines is 1. The van der Waals surface area contributed by atoms with Crippen LogP contribution in [0.25, 0.3) is 0 Å². The number of benzene rings is 1. The van der Waals surface area contributed by atoms with E-state index in [1.807, 2.05) is 5.32 Å². The van der Waals surface area contributed by atoms with Gasteiger partial charge >= 0.3 is 17.8 Å². The molecule has 0 aliphatic rings. The van der Waals surface area contributed by atoms with Crippen LogP contribution in [0.3, 0.4) is 0 Å². The first-order valence-corrected chi connectivity index (χ1v) is 7.97. The van der Waals surface area contributed by atoms with Gasteiger partial charge in [0.2, 0.25) is 0 Å². The molecule has 10 heteroatoms. The number of anilines is 1. The quantitative estimate of drug-likeness (QED) is 0.595. The Morgan fingerprint density at radius 1 is 1.19 bits per heavy atom. The Hall–Kier alpha value is -2.81. The van der Waals surface area contributed by atoms with Crippen LogP contribution >= 0.6 is 11.6 Å². The maximum Gasteiger partial charge on any atom is 0.464 e. The molecular weight excluding hydrogens is 387 g/mol. The molecule has 1 heterocycles. The van der Waals surface area contributed by atoms with Crippen molar-refractivity contribution < 1.29 is 32.5 Å². The van der Waals surface area contributed by atoms with Gasteiger partial charge in [-0.05, 0) is 30.7 Å². The number of amides is 1. The number of alkyl halides is 3. The van der Waals surface area contributed by atoms with E-state index in [9.17, 15) is 22.8 Å². The summed E-state index contributed by atoms with van der Waals surface area (Å²) in [7, 11) is 0.784. The number of rotatable bonds is 5. The number of H-pyrrole nitrogens is 1. The molecule has 0 spiro atoms. The normalized spacial score (nSPS) is 13.4. The van der Waals surface area contributed by atoms with Crippen LogP contribution in [0, 0.1) is 6.92 Å². The van der Waals surface area contributed by atoms with Crippen LogP contribution in [0.5, 0.6) is 0 Å². The number of pyridine rings is 1. The van der Waals surface area contributed by atoms with Crippen LogP contribution in [0.15, 0.2) is 42.6 Å². The largest absolute Gasteiger partial charge is 0.464 e. The van der Waals surface area contributed by atoms with Gasteiger partial charge in [-0.3, -0.25) is 10.1 Å². The Labute approximate surface area is 157 Å². The van der Waals surface area contributed by atoms with Crippen molar-refractivity contribution in [2.45, 2.75) is 18.8 Å². The number of hydrogen-bond acceptors (Lipinski definition) is 4. The summed E-state index contributed by atoms with van der Waals surface area (Å²) in [6.45, 7) is 1.65.